The van der Waals surface area contributed by atoms with Gasteiger partial charge < -0.3 is 14.9 Å². The molecule has 0 bridgehead atoms. The fourth-order valence-electron chi connectivity index (χ4n) is 3.67. The van der Waals surface area contributed by atoms with Crippen LogP contribution in [0.2, 0.25) is 0 Å². The number of fused-ring (bicyclic) bond motifs is 2. The molecular formula is C18H18N6. The molecule has 0 spiro atoms. The first-order chi connectivity index (χ1) is 11.9. The van der Waals surface area contributed by atoms with Crippen molar-refractivity contribution in [3.8, 4) is 0 Å². The zero-order valence-electron chi connectivity index (χ0n) is 13.2. The van der Waals surface area contributed by atoms with E-state index in [0.29, 0.717) is 5.92 Å². The Kier molecular flexibility index (Phi) is 3.01. The molecule has 1 aromatic carbocycles. The topological polar surface area (TPSA) is 73.5 Å². The van der Waals surface area contributed by atoms with E-state index in [1.807, 2.05) is 18.3 Å². The van der Waals surface area contributed by atoms with Gasteiger partial charge in [0.25, 0.3) is 0 Å². The highest BCUT2D eigenvalue weighted by Crippen LogP contribution is 2.31. The largest absolute Gasteiger partial charge is 0.355 e. The minimum absolute atomic E-state index is 0.398. The Morgan fingerprint density at radius 1 is 1.12 bits per heavy atom. The van der Waals surface area contributed by atoms with Gasteiger partial charge in [0.2, 0.25) is 0 Å². The van der Waals surface area contributed by atoms with E-state index in [4.69, 9.17) is 4.98 Å². The van der Waals surface area contributed by atoms with Crippen LogP contribution >= 0.6 is 0 Å². The average molecular weight is 318 g/mol. The smallest absolute Gasteiger partial charge is 0.142 e. The number of H-pyrrole nitrogens is 2. The Morgan fingerprint density at radius 3 is 3.04 bits per heavy atom. The summed E-state index contributed by atoms with van der Waals surface area (Å²) in [5.41, 5.74) is 3.05. The van der Waals surface area contributed by atoms with Crippen molar-refractivity contribution in [2.45, 2.75) is 18.8 Å². The van der Waals surface area contributed by atoms with Crippen LogP contribution in [0.15, 0.2) is 42.9 Å². The Hall–Kier alpha value is -2.89. The second kappa shape index (κ2) is 5.33. The van der Waals surface area contributed by atoms with Crippen LogP contribution in [0.5, 0.6) is 0 Å². The maximum Gasteiger partial charge on any atom is 0.142 e. The molecule has 1 atom stereocenters. The Labute approximate surface area is 139 Å². The van der Waals surface area contributed by atoms with Crippen molar-refractivity contribution >= 4 is 27.9 Å². The van der Waals surface area contributed by atoms with E-state index in [-0.39, 0.29) is 0 Å². The molecule has 0 amide bonds. The first kappa shape index (κ1) is 13.5. The maximum absolute atomic E-state index is 4.80. The highest BCUT2D eigenvalue weighted by Gasteiger charge is 2.25. The number of hydrogen-bond acceptors (Lipinski definition) is 4. The molecular weight excluding hydrogens is 300 g/mol. The molecule has 0 aliphatic carbocycles. The van der Waals surface area contributed by atoms with Gasteiger partial charge in [-0.3, -0.25) is 0 Å². The minimum Gasteiger partial charge on any atom is -0.355 e. The van der Waals surface area contributed by atoms with Gasteiger partial charge in [-0.05, 0) is 31.0 Å². The van der Waals surface area contributed by atoms with Crippen molar-refractivity contribution in [1.29, 1.82) is 0 Å². The predicted molar refractivity (Wildman–Crippen MR) is 94.2 cm³/mol. The van der Waals surface area contributed by atoms with E-state index in [1.165, 1.54) is 0 Å². The molecule has 120 valence electrons. The summed E-state index contributed by atoms with van der Waals surface area (Å²) in [5, 5.41) is 1.09. The lowest BCUT2D eigenvalue weighted by Gasteiger charge is -2.32. The number of imidazole rings is 1. The number of aromatic amines is 2. The van der Waals surface area contributed by atoms with Crippen molar-refractivity contribution in [3.63, 3.8) is 0 Å². The number of nitrogens with zero attached hydrogens (tertiary/aromatic N) is 4. The summed E-state index contributed by atoms with van der Waals surface area (Å²) >= 11 is 0. The summed E-state index contributed by atoms with van der Waals surface area (Å²) in [7, 11) is 0. The van der Waals surface area contributed by atoms with Crippen LogP contribution in [0, 0.1) is 0 Å². The van der Waals surface area contributed by atoms with Crippen LogP contribution in [-0.4, -0.2) is 38.0 Å². The quantitative estimate of drug-likeness (QED) is 0.595. The first-order valence-corrected chi connectivity index (χ1v) is 8.36. The average Bonchev–Trinajstić information content (AvgIpc) is 3.28. The molecule has 4 heterocycles. The standard InChI is InChI=1S/C18H18N6/c1-2-6-15-14(5-1)22-16(23-15)12-4-3-9-24(10-12)18-13-7-8-19-17(13)20-11-21-18/h1-2,5-8,11-12H,3-4,9-10H2,(H,22,23)(H,19,20,21)/t12-/m1/s1. The van der Waals surface area contributed by atoms with Crippen molar-refractivity contribution in [3.05, 3.63) is 48.7 Å². The van der Waals surface area contributed by atoms with Gasteiger partial charge in [0.15, 0.2) is 0 Å². The highest BCUT2D eigenvalue weighted by atomic mass is 15.2. The van der Waals surface area contributed by atoms with Crippen molar-refractivity contribution in [1.82, 2.24) is 24.9 Å². The van der Waals surface area contributed by atoms with E-state index in [1.54, 1.807) is 6.33 Å². The maximum atomic E-state index is 4.80. The summed E-state index contributed by atoms with van der Waals surface area (Å²) in [4.78, 5) is 22.6. The third kappa shape index (κ3) is 2.14. The molecule has 0 unspecified atom stereocenters. The minimum atomic E-state index is 0.398. The third-order valence-electron chi connectivity index (χ3n) is 4.85. The van der Waals surface area contributed by atoms with Crippen LogP contribution in [0.25, 0.3) is 22.1 Å². The summed E-state index contributed by atoms with van der Waals surface area (Å²) < 4.78 is 0. The number of aromatic nitrogens is 5. The Balaban J connectivity index is 1.48. The number of anilines is 1. The van der Waals surface area contributed by atoms with Gasteiger partial charge in [0.1, 0.15) is 23.6 Å². The van der Waals surface area contributed by atoms with E-state index in [9.17, 15) is 0 Å². The van der Waals surface area contributed by atoms with Crippen LogP contribution < -0.4 is 4.90 Å². The van der Waals surface area contributed by atoms with Gasteiger partial charge in [-0.1, -0.05) is 12.1 Å². The summed E-state index contributed by atoms with van der Waals surface area (Å²) in [6.45, 7) is 1.95. The zero-order chi connectivity index (χ0) is 15.9. The second-order valence-corrected chi connectivity index (χ2v) is 6.36. The molecule has 24 heavy (non-hydrogen) atoms. The van der Waals surface area contributed by atoms with Gasteiger partial charge in [0, 0.05) is 25.2 Å². The molecule has 1 fully saturated rings. The normalized spacial score (nSPS) is 18.5. The molecule has 1 aliphatic heterocycles. The molecule has 3 aromatic heterocycles. The molecule has 0 radical (unpaired) electrons. The summed E-state index contributed by atoms with van der Waals surface area (Å²) in [6.07, 6.45) is 5.85. The van der Waals surface area contributed by atoms with E-state index in [2.05, 4.69) is 43.0 Å². The summed E-state index contributed by atoms with van der Waals surface area (Å²) in [6, 6.07) is 10.3. The molecule has 2 N–H and O–H groups in total. The Bertz CT molecular complexity index is 968. The van der Waals surface area contributed by atoms with Crippen molar-refractivity contribution in [2.24, 2.45) is 0 Å². The SMILES string of the molecule is c1ccc2[nH]c([C@@H]3CCCN(c4ncnc5[nH]ccc45)C3)nc2c1. The van der Waals surface area contributed by atoms with Gasteiger partial charge >= 0.3 is 0 Å². The fourth-order valence-corrected chi connectivity index (χ4v) is 3.67. The lowest BCUT2D eigenvalue weighted by molar-refractivity contribution is 0.493. The molecule has 5 rings (SSSR count). The van der Waals surface area contributed by atoms with E-state index >= 15 is 0 Å². The van der Waals surface area contributed by atoms with Gasteiger partial charge in [-0.2, -0.15) is 0 Å². The number of hydrogen-bond donors (Lipinski definition) is 2. The number of rotatable bonds is 2. The monoisotopic (exact) mass is 318 g/mol. The summed E-state index contributed by atoms with van der Waals surface area (Å²) in [5.74, 6) is 2.50. The Morgan fingerprint density at radius 2 is 2.08 bits per heavy atom. The van der Waals surface area contributed by atoms with Crippen molar-refractivity contribution < 1.29 is 0 Å². The van der Waals surface area contributed by atoms with E-state index < -0.39 is 0 Å². The number of para-hydroxylation sites is 2. The number of nitrogens with one attached hydrogen (secondary N) is 2. The van der Waals surface area contributed by atoms with Crippen LogP contribution in [0.4, 0.5) is 5.82 Å². The molecule has 6 nitrogen and oxygen atoms in total. The number of benzene rings is 1. The van der Waals surface area contributed by atoms with Gasteiger partial charge in [0.05, 0.1) is 16.4 Å². The van der Waals surface area contributed by atoms with Gasteiger partial charge in [-0.15, -0.1) is 0 Å². The van der Waals surface area contributed by atoms with Gasteiger partial charge in [-0.25, -0.2) is 15.0 Å². The molecule has 6 heteroatoms. The zero-order valence-corrected chi connectivity index (χ0v) is 13.2. The first-order valence-electron chi connectivity index (χ1n) is 8.36. The predicted octanol–water partition coefficient (Wildman–Crippen LogP) is 3.22. The lowest BCUT2D eigenvalue weighted by atomic mass is 9.97. The second-order valence-electron chi connectivity index (χ2n) is 6.36. The van der Waals surface area contributed by atoms with Crippen molar-refractivity contribution in [2.75, 3.05) is 18.0 Å². The van der Waals surface area contributed by atoms with E-state index in [0.717, 1.165) is 59.6 Å². The lowest BCUT2D eigenvalue weighted by Crippen LogP contribution is -2.35. The fraction of sp³-hybridized carbons (Fsp3) is 0.278. The van der Waals surface area contributed by atoms with Crippen LogP contribution in [0.3, 0.4) is 0 Å². The molecule has 1 saturated heterocycles. The molecule has 0 saturated carbocycles. The third-order valence-corrected chi connectivity index (χ3v) is 4.85. The highest BCUT2D eigenvalue weighted by molar-refractivity contribution is 5.87. The molecule has 1 aliphatic rings. The van der Waals surface area contributed by atoms with Crippen LogP contribution in [0.1, 0.15) is 24.6 Å². The van der Waals surface area contributed by atoms with Crippen LogP contribution in [-0.2, 0) is 0 Å². The molecule has 4 aromatic rings. The number of piperidine rings is 1.